The second-order valence-corrected chi connectivity index (χ2v) is 4.75. The molecule has 0 spiro atoms. The lowest BCUT2D eigenvalue weighted by Gasteiger charge is -2.38. The van der Waals surface area contributed by atoms with Crippen LogP contribution in [0, 0.1) is 0 Å². The van der Waals surface area contributed by atoms with Crippen LogP contribution in [0.2, 0.25) is 5.02 Å². The molecule has 4 N–H and O–H groups in total. The van der Waals surface area contributed by atoms with Crippen LogP contribution >= 0.6 is 11.6 Å². The molecular formula is C12H18ClN3. The quantitative estimate of drug-likeness (QED) is 0.755. The minimum Gasteiger partial charge on any atom is -0.377 e. The van der Waals surface area contributed by atoms with E-state index in [1.807, 2.05) is 24.3 Å². The van der Waals surface area contributed by atoms with E-state index in [9.17, 15) is 0 Å². The third-order valence-corrected chi connectivity index (χ3v) is 3.55. The molecule has 0 radical (unpaired) electrons. The van der Waals surface area contributed by atoms with Crippen molar-refractivity contribution in [3.05, 3.63) is 29.3 Å². The number of hydrogen-bond donors (Lipinski definition) is 3. The van der Waals surface area contributed by atoms with Gasteiger partial charge >= 0.3 is 0 Å². The fraction of sp³-hybridized carbons (Fsp3) is 0.500. The molecule has 2 rings (SSSR count). The Morgan fingerprint density at radius 2 is 2.00 bits per heavy atom. The van der Waals surface area contributed by atoms with Crippen LogP contribution < -0.4 is 16.4 Å². The molecule has 88 valence electrons. The molecule has 16 heavy (non-hydrogen) atoms. The van der Waals surface area contributed by atoms with E-state index in [2.05, 4.69) is 10.6 Å². The Balaban J connectivity index is 2.15. The van der Waals surface area contributed by atoms with Gasteiger partial charge in [0.05, 0.1) is 16.2 Å². The van der Waals surface area contributed by atoms with Gasteiger partial charge in [-0.25, -0.2) is 0 Å². The minimum atomic E-state index is -0.00373. The highest BCUT2D eigenvalue weighted by Crippen LogP contribution is 2.28. The normalized spacial score (nSPS) is 19.4. The Hall–Kier alpha value is -0.770. The SMILES string of the molecule is NCC1(Nc2ccccc2Cl)CCNCC1. The maximum absolute atomic E-state index is 6.14. The number of rotatable bonds is 3. The van der Waals surface area contributed by atoms with E-state index < -0.39 is 0 Å². The molecule has 1 saturated heterocycles. The fourth-order valence-electron chi connectivity index (χ4n) is 2.13. The topological polar surface area (TPSA) is 50.1 Å². The van der Waals surface area contributed by atoms with Crippen LogP contribution in [0.1, 0.15) is 12.8 Å². The molecule has 1 fully saturated rings. The highest BCUT2D eigenvalue weighted by atomic mass is 35.5. The summed E-state index contributed by atoms with van der Waals surface area (Å²) in [6.07, 6.45) is 2.07. The van der Waals surface area contributed by atoms with Crippen LogP contribution in [0.4, 0.5) is 5.69 Å². The number of nitrogens with one attached hydrogen (secondary N) is 2. The highest BCUT2D eigenvalue weighted by molar-refractivity contribution is 6.33. The van der Waals surface area contributed by atoms with Gasteiger partial charge in [-0.05, 0) is 38.1 Å². The van der Waals surface area contributed by atoms with Gasteiger partial charge in [0, 0.05) is 6.54 Å². The van der Waals surface area contributed by atoms with Crippen molar-refractivity contribution < 1.29 is 0 Å². The molecule has 4 heteroatoms. The summed E-state index contributed by atoms with van der Waals surface area (Å²) in [6, 6.07) is 7.82. The molecule has 0 amide bonds. The molecule has 1 aromatic carbocycles. The van der Waals surface area contributed by atoms with Crippen LogP contribution in [-0.4, -0.2) is 25.2 Å². The largest absolute Gasteiger partial charge is 0.377 e. The van der Waals surface area contributed by atoms with Crippen molar-refractivity contribution in [2.45, 2.75) is 18.4 Å². The molecule has 1 heterocycles. The Labute approximate surface area is 101 Å². The molecule has 0 aliphatic carbocycles. The smallest absolute Gasteiger partial charge is 0.0637 e. The number of halogens is 1. The Morgan fingerprint density at radius 1 is 1.31 bits per heavy atom. The lowest BCUT2D eigenvalue weighted by atomic mass is 9.88. The van der Waals surface area contributed by atoms with Crippen molar-refractivity contribution in [2.75, 3.05) is 25.0 Å². The van der Waals surface area contributed by atoms with E-state index in [0.717, 1.165) is 36.6 Å². The zero-order chi connectivity index (χ0) is 11.4. The summed E-state index contributed by atoms with van der Waals surface area (Å²) in [6.45, 7) is 2.66. The van der Waals surface area contributed by atoms with Gasteiger partial charge in [-0.3, -0.25) is 0 Å². The first-order valence-electron chi connectivity index (χ1n) is 5.69. The van der Waals surface area contributed by atoms with Gasteiger partial charge in [-0.1, -0.05) is 23.7 Å². The highest BCUT2D eigenvalue weighted by Gasteiger charge is 2.30. The number of anilines is 1. The van der Waals surface area contributed by atoms with Gasteiger partial charge in [0.1, 0.15) is 0 Å². The number of benzene rings is 1. The van der Waals surface area contributed by atoms with E-state index >= 15 is 0 Å². The molecule has 1 aliphatic rings. The van der Waals surface area contributed by atoms with Crippen molar-refractivity contribution in [3.8, 4) is 0 Å². The number of para-hydroxylation sites is 1. The van der Waals surface area contributed by atoms with Crippen LogP contribution in [0.15, 0.2) is 24.3 Å². The standard InChI is InChI=1S/C12H18ClN3/c13-10-3-1-2-4-11(10)16-12(9-14)5-7-15-8-6-12/h1-4,15-16H,5-9,14H2. The molecule has 0 bridgehead atoms. The van der Waals surface area contributed by atoms with Gasteiger partial charge in [0.2, 0.25) is 0 Å². The number of piperidine rings is 1. The third kappa shape index (κ3) is 2.48. The molecule has 0 saturated carbocycles. The predicted octanol–water partition coefficient (Wildman–Crippen LogP) is 1.83. The first-order valence-corrected chi connectivity index (χ1v) is 6.07. The van der Waals surface area contributed by atoms with Crippen LogP contribution in [0.3, 0.4) is 0 Å². The van der Waals surface area contributed by atoms with Crippen molar-refractivity contribution in [1.82, 2.24) is 5.32 Å². The van der Waals surface area contributed by atoms with Gasteiger partial charge in [0.15, 0.2) is 0 Å². The average Bonchev–Trinajstić information content (AvgIpc) is 2.33. The third-order valence-electron chi connectivity index (χ3n) is 3.23. The van der Waals surface area contributed by atoms with Gasteiger partial charge in [-0.15, -0.1) is 0 Å². The van der Waals surface area contributed by atoms with E-state index in [0.29, 0.717) is 6.54 Å². The average molecular weight is 240 g/mol. The van der Waals surface area contributed by atoms with Gasteiger partial charge < -0.3 is 16.4 Å². The lowest BCUT2D eigenvalue weighted by Crippen LogP contribution is -2.52. The summed E-state index contributed by atoms with van der Waals surface area (Å²) in [5.41, 5.74) is 6.88. The minimum absolute atomic E-state index is 0.00373. The van der Waals surface area contributed by atoms with E-state index in [-0.39, 0.29) is 5.54 Å². The van der Waals surface area contributed by atoms with E-state index in [1.165, 1.54) is 0 Å². The summed E-state index contributed by atoms with van der Waals surface area (Å²) in [5, 5.41) is 7.62. The molecule has 1 aliphatic heterocycles. The van der Waals surface area contributed by atoms with Crippen molar-refractivity contribution >= 4 is 17.3 Å². The molecule has 3 nitrogen and oxygen atoms in total. The maximum Gasteiger partial charge on any atom is 0.0637 e. The molecule has 1 aromatic rings. The Bertz CT molecular complexity index is 348. The van der Waals surface area contributed by atoms with Crippen LogP contribution in [0.5, 0.6) is 0 Å². The summed E-state index contributed by atoms with van der Waals surface area (Å²) in [7, 11) is 0. The van der Waals surface area contributed by atoms with Gasteiger partial charge in [-0.2, -0.15) is 0 Å². The van der Waals surface area contributed by atoms with E-state index in [4.69, 9.17) is 17.3 Å². The predicted molar refractivity (Wildman–Crippen MR) is 69.0 cm³/mol. The van der Waals surface area contributed by atoms with Crippen molar-refractivity contribution in [3.63, 3.8) is 0 Å². The van der Waals surface area contributed by atoms with Crippen molar-refractivity contribution in [1.29, 1.82) is 0 Å². The molecular weight excluding hydrogens is 222 g/mol. The van der Waals surface area contributed by atoms with Crippen LogP contribution in [0.25, 0.3) is 0 Å². The summed E-state index contributed by atoms with van der Waals surface area (Å²) in [5.74, 6) is 0. The van der Waals surface area contributed by atoms with Crippen molar-refractivity contribution in [2.24, 2.45) is 5.73 Å². The zero-order valence-electron chi connectivity index (χ0n) is 9.30. The number of nitrogens with two attached hydrogens (primary N) is 1. The Kier molecular flexibility index (Phi) is 3.69. The molecule has 0 aromatic heterocycles. The van der Waals surface area contributed by atoms with E-state index in [1.54, 1.807) is 0 Å². The maximum atomic E-state index is 6.14. The summed E-state index contributed by atoms with van der Waals surface area (Å²) >= 11 is 6.14. The lowest BCUT2D eigenvalue weighted by molar-refractivity contribution is 0.346. The first kappa shape index (κ1) is 11.7. The molecule has 0 atom stereocenters. The van der Waals surface area contributed by atoms with Crippen LogP contribution in [-0.2, 0) is 0 Å². The summed E-state index contributed by atoms with van der Waals surface area (Å²) in [4.78, 5) is 0. The number of hydrogen-bond acceptors (Lipinski definition) is 3. The van der Waals surface area contributed by atoms with Gasteiger partial charge in [0.25, 0.3) is 0 Å². The second-order valence-electron chi connectivity index (χ2n) is 4.34. The summed E-state index contributed by atoms with van der Waals surface area (Å²) < 4.78 is 0. The second kappa shape index (κ2) is 5.04. The zero-order valence-corrected chi connectivity index (χ0v) is 10.1. The Morgan fingerprint density at radius 3 is 2.62 bits per heavy atom. The first-order chi connectivity index (χ1) is 7.76. The monoisotopic (exact) mass is 239 g/mol. The fourth-order valence-corrected chi connectivity index (χ4v) is 2.32. The molecule has 0 unspecified atom stereocenters.